The van der Waals surface area contributed by atoms with E-state index < -0.39 is 11.9 Å². The maximum atomic E-state index is 13.1. The topological polar surface area (TPSA) is 70.9 Å². The summed E-state index contributed by atoms with van der Waals surface area (Å²) in [7, 11) is 0. The van der Waals surface area contributed by atoms with E-state index in [1.54, 1.807) is 12.1 Å². The van der Waals surface area contributed by atoms with Crippen LogP contribution in [-0.4, -0.2) is 20.1 Å². The molecule has 0 fully saturated rings. The number of halogens is 3. The van der Waals surface area contributed by atoms with Gasteiger partial charge < -0.3 is 10.4 Å². The van der Waals surface area contributed by atoms with Crippen LogP contribution in [0.5, 0.6) is 5.75 Å². The number of aromatic nitrogens is 3. The summed E-state index contributed by atoms with van der Waals surface area (Å²) in [4.78, 5) is 11.6. The minimum absolute atomic E-state index is 0.0496. The number of phenolic OH excluding ortho intramolecular Hbond substituents is 1. The predicted octanol–water partition coefficient (Wildman–Crippen LogP) is 4.38. The summed E-state index contributed by atoms with van der Waals surface area (Å²) in [6.07, 6.45) is -3.19. The molecule has 0 aliphatic rings. The summed E-state index contributed by atoms with van der Waals surface area (Å²) >= 11 is 0.923. The Morgan fingerprint density at radius 2 is 1.96 bits per heavy atom. The molecule has 9 heteroatoms. The number of rotatable bonds is 3. The first-order chi connectivity index (χ1) is 11.3. The second-order valence-electron chi connectivity index (χ2n) is 4.85. The van der Waals surface area contributed by atoms with Crippen molar-refractivity contribution in [2.45, 2.75) is 13.1 Å². The van der Waals surface area contributed by atoms with Crippen LogP contribution in [0.4, 0.5) is 24.8 Å². The predicted molar refractivity (Wildman–Crippen MR) is 84.3 cm³/mol. The zero-order valence-electron chi connectivity index (χ0n) is 12.3. The smallest absolute Gasteiger partial charge is 0.434 e. The molecule has 0 radical (unpaired) electrons. The van der Waals surface area contributed by atoms with E-state index >= 15 is 0 Å². The molecule has 2 heterocycles. The van der Waals surface area contributed by atoms with E-state index in [0.717, 1.165) is 11.3 Å². The van der Waals surface area contributed by atoms with Crippen molar-refractivity contribution in [1.29, 1.82) is 0 Å². The third-order valence-corrected chi connectivity index (χ3v) is 3.99. The van der Waals surface area contributed by atoms with E-state index in [4.69, 9.17) is 0 Å². The van der Waals surface area contributed by atoms with Gasteiger partial charge in [-0.05, 0) is 25.1 Å². The fourth-order valence-electron chi connectivity index (χ4n) is 2.05. The van der Waals surface area contributed by atoms with Crippen molar-refractivity contribution in [3.8, 4) is 16.3 Å². The lowest BCUT2D eigenvalue weighted by molar-refractivity contribution is -0.140. The Labute approximate surface area is 138 Å². The molecule has 0 aliphatic carbocycles. The van der Waals surface area contributed by atoms with E-state index in [0.29, 0.717) is 10.7 Å². The van der Waals surface area contributed by atoms with Crippen LogP contribution in [0.3, 0.4) is 0 Å². The number of thiazole rings is 1. The molecule has 3 rings (SSSR count). The van der Waals surface area contributed by atoms with Crippen LogP contribution in [0, 0.1) is 6.92 Å². The molecule has 0 amide bonds. The number of nitrogens with zero attached hydrogens (tertiary/aromatic N) is 3. The van der Waals surface area contributed by atoms with Crippen molar-refractivity contribution in [3.63, 3.8) is 0 Å². The number of aromatic hydroxyl groups is 1. The van der Waals surface area contributed by atoms with Crippen molar-refractivity contribution >= 4 is 23.0 Å². The molecular weight excluding hydrogens is 341 g/mol. The van der Waals surface area contributed by atoms with Gasteiger partial charge in [-0.3, -0.25) is 0 Å². The Morgan fingerprint density at radius 1 is 1.17 bits per heavy atom. The largest absolute Gasteiger partial charge is 0.508 e. The van der Waals surface area contributed by atoms with Crippen LogP contribution in [0.15, 0.2) is 36.5 Å². The van der Waals surface area contributed by atoms with E-state index in [1.165, 1.54) is 31.3 Å². The molecule has 0 aliphatic heterocycles. The third-order valence-electron chi connectivity index (χ3n) is 2.99. The lowest BCUT2D eigenvalue weighted by Gasteiger charge is -2.08. The molecule has 0 unspecified atom stereocenters. The Hall–Kier alpha value is -2.68. The second-order valence-corrected chi connectivity index (χ2v) is 6.05. The number of anilines is 2. The van der Waals surface area contributed by atoms with Crippen LogP contribution in [0.25, 0.3) is 10.6 Å². The molecule has 0 saturated heterocycles. The highest BCUT2D eigenvalue weighted by atomic mass is 32.1. The third kappa shape index (κ3) is 3.46. The van der Waals surface area contributed by atoms with Gasteiger partial charge in [-0.15, -0.1) is 11.3 Å². The Bertz CT molecular complexity index is 879. The molecule has 0 bridgehead atoms. The van der Waals surface area contributed by atoms with Crippen molar-refractivity contribution in [3.05, 3.63) is 47.2 Å². The summed E-state index contributed by atoms with van der Waals surface area (Å²) in [5.41, 5.74) is -0.304. The normalized spacial score (nSPS) is 11.5. The number of hydrogen-bond acceptors (Lipinski definition) is 6. The number of phenols is 1. The highest BCUT2D eigenvalue weighted by molar-refractivity contribution is 7.15. The quantitative estimate of drug-likeness (QED) is 0.732. The lowest BCUT2D eigenvalue weighted by atomic mass is 10.2. The molecule has 0 saturated carbocycles. The second kappa shape index (κ2) is 6.08. The first-order valence-electron chi connectivity index (χ1n) is 6.77. The SMILES string of the molecule is Cc1nc(C(F)(F)F)c(-c2ccnc(Nc3cccc(O)c3)n2)s1. The van der Waals surface area contributed by atoms with Gasteiger partial charge in [0.1, 0.15) is 5.75 Å². The number of benzene rings is 1. The van der Waals surface area contributed by atoms with Crippen molar-refractivity contribution < 1.29 is 18.3 Å². The van der Waals surface area contributed by atoms with Crippen LogP contribution >= 0.6 is 11.3 Å². The molecule has 24 heavy (non-hydrogen) atoms. The summed E-state index contributed by atoms with van der Waals surface area (Å²) in [5, 5.41) is 12.6. The first kappa shape index (κ1) is 16.2. The first-order valence-corrected chi connectivity index (χ1v) is 7.58. The van der Waals surface area contributed by atoms with Crippen LogP contribution in [0.1, 0.15) is 10.7 Å². The molecule has 0 spiro atoms. The molecule has 1 aromatic carbocycles. The Kier molecular flexibility index (Phi) is 4.10. The average Bonchev–Trinajstić information content (AvgIpc) is 2.90. The minimum atomic E-state index is -4.55. The van der Waals surface area contributed by atoms with Gasteiger partial charge in [0.25, 0.3) is 0 Å². The van der Waals surface area contributed by atoms with E-state index in [2.05, 4.69) is 20.3 Å². The Morgan fingerprint density at radius 3 is 2.67 bits per heavy atom. The van der Waals surface area contributed by atoms with Gasteiger partial charge in [0.2, 0.25) is 5.95 Å². The van der Waals surface area contributed by atoms with Gasteiger partial charge in [-0.25, -0.2) is 15.0 Å². The van der Waals surface area contributed by atoms with Gasteiger partial charge >= 0.3 is 6.18 Å². The Balaban J connectivity index is 1.97. The molecule has 0 atom stereocenters. The molecule has 2 aromatic heterocycles. The highest BCUT2D eigenvalue weighted by Crippen LogP contribution is 2.39. The zero-order valence-corrected chi connectivity index (χ0v) is 13.1. The van der Waals surface area contributed by atoms with Crippen LogP contribution in [0.2, 0.25) is 0 Å². The van der Waals surface area contributed by atoms with Gasteiger partial charge in [-0.2, -0.15) is 13.2 Å². The fraction of sp³-hybridized carbons (Fsp3) is 0.133. The summed E-state index contributed by atoms with van der Waals surface area (Å²) in [6, 6.07) is 7.64. The van der Waals surface area contributed by atoms with E-state index in [9.17, 15) is 18.3 Å². The van der Waals surface area contributed by atoms with Gasteiger partial charge in [0.05, 0.1) is 15.6 Å². The van der Waals surface area contributed by atoms with Gasteiger partial charge in [0.15, 0.2) is 5.69 Å². The number of aryl methyl sites for hydroxylation is 1. The number of hydrogen-bond donors (Lipinski definition) is 2. The minimum Gasteiger partial charge on any atom is -0.508 e. The molecule has 3 aromatic rings. The van der Waals surface area contributed by atoms with E-state index in [1.807, 2.05) is 0 Å². The maximum Gasteiger partial charge on any atom is 0.434 e. The molecular formula is C15H11F3N4OS. The van der Waals surface area contributed by atoms with Crippen LogP contribution in [-0.2, 0) is 6.18 Å². The standard InChI is InChI=1S/C15H11F3N4OS/c1-8-20-13(15(16,17)18)12(24-8)11-5-6-19-14(22-11)21-9-3-2-4-10(23)7-9/h2-7,23H,1H3,(H,19,21,22). The van der Waals surface area contributed by atoms with Crippen molar-refractivity contribution in [2.75, 3.05) is 5.32 Å². The monoisotopic (exact) mass is 352 g/mol. The van der Waals surface area contributed by atoms with Gasteiger partial charge in [0, 0.05) is 18.0 Å². The summed E-state index contributed by atoms with van der Waals surface area (Å²) in [5.74, 6) is 0.172. The zero-order chi connectivity index (χ0) is 17.3. The lowest BCUT2D eigenvalue weighted by Crippen LogP contribution is -2.08. The number of alkyl halides is 3. The van der Waals surface area contributed by atoms with E-state index in [-0.39, 0.29) is 22.3 Å². The maximum absolute atomic E-state index is 13.1. The average molecular weight is 352 g/mol. The molecule has 124 valence electrons. The summed E-state index contributed by atoms with van der Waals surface area (Å²) in [6.45, 7) is 1.51. The van der Waals surface area contributed by atoms with Crippen molar-refractivity contribution in [2.24, 2.45) is 0 Å². The van der Waals surface area contributed by atoms with Gasteiger partial charge in [-0.1, -0.05) is 6.07 Å². The molecule has 2 N–H and O–H groups in total. The fourth-order valence-corrected chi connectivity index (χ4v) is 2.96. The van der Waals surface area contributed by atoms with Crippen LogP contribution < -0.4 is 5.32 Å². The summed E-state index contributed by atoms with van der Waals surface area (Å²) < 4.78 is 39.3. The highest BCUT2D eigenvalue weighted by Gasteiger charge is 2.37. The molecule has 5 nitrogen and oxygen atoms in total. The number of nitrogens with one attached hydrogen (secondary N) is 1. The van der Waals surface area contributed by atoms with Crippen molar-refractivity contribution in [1.82, 2.24) is 15.0 Å².